The Bertz CT molecular complexity index is 750. The number of H-pyrrole nitrogens is 1. The van der Waals surface area contributed by atoms with Gasteiger partial charge in [-0.2, -0.15) is 0 Å². The Kier molecular flexibility index (Phi) is 4.50. The quantitative estimate of drug-likeness (QED) is 0.662. The summed E-state index contributed by atoms with van der Waals surface area (Å²) in [5.74, 6) is -1.87. The number of amides is 2. The lowest BCUT2D eigenvalue weighted by molar-refractivity contribution is -0.141. The first-order chi connectivity index (χ1) is 11.5. The van der Waals surface area contributed by atoms with Gasteiger partial charge in [0.1, 0.15) is 5.69 Å². The fraction of sp³-hybridized carbons (Fsp3) is 0.353. The number of carboxylic acids is 1. The Morgan fingerprint density at radius 3 is 2.71 bits per heavy atom. The van der Waals surface area contributed by atoms with Crippen LogP contribution in [-0.4, -0.2) is 40.5 Å². The Balaban J connectivity index is 1.49. The van der Waals surface area contributed by atoms with E-state index in [-0.39, 0.29) is 24.4 Å². The zero-order valence-electron chi connectivity index (χ0n) is 13.0. The normalized spacial score (nSPS) is 20.0. The highest BCUT2D eigenvalue weighted by Crippen LogP contribution is 2.25. The third kappa shape index (κ3) is 3.56. The van der Waals surface area contributed by atoms with Crippen molar-refractivity contribution in [2.24, 2.45) is 5.92 Å². The molecule has 7 heteroatoms. The van der Waals surface area contributed by atoms with Crippen molar-refractivity contribution in [3.05, 3.63) is 36.0 Å². The molecular formula is C17H19N3O4. The predicted molar refractivity (Wildman–Crippen MR) is 87.5 cm³/mol. The fourth-order valence-electron chi connectivity index (χ4n) is 3.07. The summed E-state index contributed by atoms with van der Waals surface area (Å²) < 4.78 is 0. The van der Waals surface area contributed by atoms with E-state index in [4.69, 9.17) is 5.11 Å². The van der Waals surface area contributed by atoms with Gasteiger partial charge in [0.15, 0.2) is 0 Å². The number of carboxylic acid groups (broad SMARTS) is 1. The predicted octanol–water partition coefficient (Wildman–Crippen LogP) is 1.27. The fourth-order valence-corrected chi connectivity index (χ4v) is 3.07. The number of carbonyl (C=O) groups is 3. The molecule has 0 bridgehead atoms. The Hall–Kier alpha value is -2.83. The summed E-state index contributed by atoms with van der Waals surface area (Å²) in [4.78, 5) is 37.9. The molecule has 1 aliphatic rings. The van der Waals surface area contributed by atoms with Crippen molar-refractivity contribution in [1.82, 2.24) is 15.6 Å². The molecule has 1 fully saturated rings. The van der Waals surface area contributed by atoms with Crippen LogP contribution >= 0.6 is 0 Å². The van der Waals surface area contributed by atoms with E-state index in [1.807, 2.05) is 24.3 Å². The van der Waals surface area contributed by atoms with Gasteiger partial charge in [0, 0.05) is 16.9 Å². The second kappa shape index (κ2) is 6.74. The molecule has 3 rings (SSSR count). The van der Waals surface area contributed by atoms with Gasteiger partial charge >= 0.3 is 5.97 Å². The van der Waals surface area contributed by atoms with E-state index in [1.165, 1.54) is 0 Å². The highest BCUT2D eigenvalue weighted by molar-refractivity contribution is 5.99. The van der Waals surface area contributed by atoms with Crippen molar-refractivity contribution in [3.8, 4) is 0 Å². The van der Waals surface area contributed by atoms with E-state index < -0.39 is 11.9 Å². The molecule has 24 heavy (non-hydrogen) atoms. The molecule has 1 aliphatic carbocycles. The molecule has 1 heterocycles. The van der Waals surface area contributed by atoms with E-state index in [0.717, 1.165) is 10.9 Å². The second-order valence-corrected chi connectivity index (χ2v) is 6.07. The number of aliphatic carboxylic acids is 1. The maximum absolute atomic E-state index is 12.1. The summed E-state index contributed by atoms with van der Waals surface area (Å²) in [6, 6.07) is 9.13. The van der Waals surface area contributed by atoms with Crippen LogP contribution in [0.25, 0.3) is 10.9 Å². The van der Waals surface area contributed by atoms with Crippen molar-refractivity contribution >= 4 is 28.7 Å². The smallest absolute Gasteiger partial charge is 0.306 e. The number of fused-ring (bicyclic) bond motifs is 1. The number of nitrogens with one attached hydrogen (secondary N) is 3. The lowest BCUT2D eigenvalue weighted by atomic mass is 10.1. The SMILES string of the molecule is O=C(CNC(=O)c1cc2ccccc2[nH]1)N[C@@H]1CC[C@H](C(=O)O)C1. The van der Waals surface area contributed by atoms with Crippen molar-refractivity contribution in [1.29, 1.82) is 0 Å². The number of benzene rings is 1. The highest BCUT2D eigenvalue weighted by atomic mass is 16.4. The number of hydrogen-bond donors (Lipinski definition) is 4. The first kappa shape index (κ1) is 16.0. The van der Waals surface area contributed by atoms with Crippen molar-refractivity contribution in [2.45, 2.75) is 25.3 Å². The number of carbonyl (C=O) groups excluding carboxylic acids is 2. The molecule has 2 aromatic rings. The molecule has 0 aliphatic heterocycles. The summed E-state index contributed by atoms with van der Waals surface area (Å²) in [5, 5.41) is 15.2. The number of aromatic amines is 1. The molecule has 4 N–H and O–H groups in total. The minimum Gasteiger partial charge on any atom is -0.481 e. The molecule has 2 amide bonds. The van der Waals surface area contributed by atoms with Gasteiger partial charge in [-0.3, -0.25) is 14.4 Å². The lowest BCUT2D eigenvalue weighted by Gasteiger charge is -2.12. The van der Waals surface area contributed by atoms with Crippen LogP contribution in [0.1, 0.15) is 29.8 Å². The topological polar surface area (TPSA) is 111 Å². The minimum absolute atomic E-state index is 0.136. The zero-order chi connectivity index (χ0) is 17.1. The second-order valence-electron chi connectivity index (χ2n) is 6.07. The van der Waals surface area contributed by atoms with Gasteiger partial charge in [-0.05, 0) is 31.4 Å². The Labute approximate surface area is 138 Å². The average molecular weight is 329 g/mol. The minimum atomic E-state index is -0.820. The van der Waals surface area contributed by atoms with Crippen molar-refractivity contribution in [2.75, 3.05) is 6.54 Å². The standard InChI is InChI=1S/C17H19N3O4/c21-15(19-12-6-5-11(7-12)17(23)24)9-18-16(22)14-8-10-3-1-2-4-13(10)20-14/h1-4,8,11-12,20H,5-7,9H2,(H,18,22)(H,19,21)(H,23,24)/t11-,12+/m0/s1. The number of hydrogen-bond acceptors (Lipinski definition) is 3. The van der Waals surface area contributed by atoms with Crippen LogP contribution in [0.2, 0.25) is 0 Å². The number of rotatable bonds is 5. The van der Waals surface area contributed by atoms with E-state index in [1.54, 1.807) is 6.07 Å². The maximum Gasteiger partial charge on any atom is 0.306 e. The van der Waals surface area contributed by atoms with Crippen LogP contribution in [0, 0.1) is 5.92 Å². The van der Waals surface area contributed by atoms with Crippen LogP contribution < -0.4 is 10.6 Å². The molecule has 0 unspecified atom stereocenters. The number of aromatic nitrogens is 1. The summed E-state index contributed by atoms with van der Waals surface area (Å²) in [7, 11) is 0. The van der Waals surface area contributed by atoms with Crippen molar-refractivity contribution in [3.63, 3.8) is 0 Å². The highest BCUT2D eigenvalue weighted by Gasteiger charge is 2.30. The van der Waals surface area contributed by atoms with Crippen LogP contribution in [0.3, 0.4) is 0 Å². The zero-order valence-corrected chi connectivity index (χ0v) is 13.0. The molecule has 0 spiro atoms. The van der Waals surface area contributed by atoms with E-state index in [9.17, 15) is 14.4 Å². The van der Waals surface area contributed by atoms with E-state index >= 15 is 0 Å². The third-order valence-corrected chi connectivity index (χ3v) is 4.33. The van der Waals surface area contributed by atoms with Gasteiger partial charge in [0.25, 0.3) is 5.91 Å². The molecule has 0 radical (unpaired) electrons. The summed E-state index contributed by atoms with van der Waals surface area (Å²) in [6.07, 6.45) is 1.66. The average Bonchev–Trinajstić information content (AvgIpc) is 3.19. The van der Waals surface area contributed by atoms with Gasteiger partial charge < -0.3 is 20.7 Å². The maximum atomic E-state index is 12.1. The van der Waals surface area contributed by atoms with Crippen molar-refractivity contribution < 1.29 is 19.5 Å². The molecule has 2 atom stereocenters. The summed E-state index contributed by atoms with van der Waals surface area (Å²) in [6.45, 7) is -0.136. The molecule has 1 saturated carbocycles. The van der Waals surface area contributed by atoms with Gasteiger partial charge in [0.05, 0.1) is 12.5 Å². The van der Waals surface area contributed by atoms with Gasteiger partial charge in [-0.15, -0.1) is 0 Å². The molecule has 7 nitrogen and oxygen atoms in total. The number of para-hydroxylation sites is 1. The Morgan fingerprint density at radius 1 is 1.21 bits per heavy atom. The van der Waals surface area contributed by atoms with Crippen LogP contribution in [0.5, 0.6) is 0 Å². The molecule has 0 saturated heterocycles. The largest absolute Gasteiger partial charge is 0.481 e. The van der Waals surface area contributed by atoms with E-state index in [2.05, 4.69) is 15.6 Å². The van der Waals surface area contributed by atoms with Crippen LogP contribution in [0.4, 0.5) is 0 Å². The first-order valence-corrected chi connectivity index (χ1v) is 7.91. The molecule has 126 valence electrons. The van der Waals surface area contributed by atoms with Crippen LogP contribution in [0.15, 0.2) is 30.3 Å². The van der Waals surface area contributed by atoms with E-state index in [0.29, 0.717) is 25.0 Å². The molecular weight excluding hydrogens is 310 g/mol. The third-order valence-electron chi connectivity index (χ3n) is 4.33. The lowest BCUT2D eigenvalue weighted by Crippen LogP contribution is -2.41. The van der Waals surface area contributed by atoms with Gasteiger partial charge in [-0.25, -0.2) is 0 Å². The summed E-state index contributed by atoms with van der Waals surface area (Å²) >= 11 is 0. The molecule has 1 aromatic carbocycles. The monoisotopic (exact) mass is 329 g/mol. The van der Waals surface area contributed by atoms with Gasteiger partial charge in [-0.1, -0.05) is 18.2 Å². The Morgan fingerprint density at radius 2 is 2.00 bits per heavy atom. The first-order valence-electron chi connectivity index (χ1n) is 7.91. The molecule has 1 aromatic heterocycles. The van der Waals surface area contributed by atoms with Crippen LogP contribution in [-0.2, 0) is 9.59 Å². The van der Waals surface area contributed by atoms with Gasteiger partial charge in [0.2, 0.25) is 5.91 Å². The summed E-state index contributed by atoms with van der Waals surface area (Å²) in [5.41, 5.74) is 1.26.